The molecule has 1 aromatic heterocycles. The molecule has 1 unspecified atom stereocenters. The second-order valence-corrected chi connectivity index (χ2v) is 7.88. The maximum Gasteiger partial charge on any atom is 0.294 e. The largest absolute Gasteiger partial charge is 0.503 e. The Kier molecular flexibility index (Phi) is 5.28. The van der Waals surface area contributed by atoms with Gasteiger partial charge in [-0.1, -0.05) is 39.0 Å². The maximum atomic E-state index is 12.8. The zero-order valence-electron chi connectivity index (χ0n) is 15.2. The minimum Gasteiger partial charge on any atom is -0.503 e. The fourth-order valence-corrected chi connectivity index (χ4v) is 4.07. The number of benzene rings is 1. The minimum absolute atomic E-state index is 0.153. The Morgan fingerprint density at radius 2 is 1.92 bits per heavy atom. The highest BCUT2D eigenvalue weighted by Gasteiger charge is 2.44. The predicted octanol–water partition coefficient (Wildman–Crippen LogP) is 4.83. The second-order valence-electron chi connectivity index (χ2n) is 6.90. The molecule has 1 aliphatic heterocycles. The van der Waals surface area contributed by atoms with Crippen LogP contribution in [0.5, 0.6) is 0 Å². The molecule has 0 saturated heterocycles. The zero-order chi connectivity index (χ0) is 18.8. The van der Waals surface area contributed by atoms with Crippen molar-refractivity contribution in [2.45, 2.75) is 39.7 Å². The average molecular weight is 369 g/mol. The average Bonchev–Trinajstić information content (AvgIpc) is 3.22. The van der Waals surface area contributed by atoms with E-state index < -0.39 is 17.7 Å². The number of hydrogen-bond donors (Lipinski definition) is 1. The fraction of sp³-hybridized carbons (Fsp3) is 0.333. The quantitative estimate of drug-likeness (QED) is 0.794. The fourth-order valence-electron chi connectivity index (χ4n) is 3.25. The van der Waals surface area contributed by atoms with Crippen LogP contribution in [0.15, 0.2) is 53.1 Å². The molecule has 1 aromatic carbocycles. The van der Waals surface area contributed by atoms with Crippen molar-refractivity contribution in [1.82, 2.24) is 0 Å². The second kappa shape index (κ2) is 7.46. The molecule has 1 N–H and O–H groups in total. The molecule has 1 amide bonds. The monoisotopic (exact) mass is 369 g/mol. The Labute approximate surface area is 157 Å². The van der Waals surface area contributed by atoms with E-state index in [2.05, 4.69) is 6.92 Å². The highest BCUT2D eigenvalue weighted by Crippen LogP contribution is 2.43. The Hall–Kier alpha value is -2.40. The number of aliphatic hydroxyl groups is 1. The number of hydrogen-bond acceptors (Lipinski definition) is 4. The van der Waals surface area contributed by atoms with Crippen LogP contribution in [0.1, 0.15) is 43.7 Å². The normalized spacial score (nSPS) is 17.5. The highest BCUT2D eigenvalue weighted by atomic mass is 32.1. The molecule has 0 radical (unpaired) electrons. The van der Waals surface area contributed by atoms with Crippen molar-refractivity contribution in [3.05, 3.63) is 63.6 Å². The molecular weight excluding hydrogens is 346 g/mol. The van der Waals surface area contributed by atoms with E-state index in [1.807, 2.05) is 55.6 Å². The van der Waals surface area contributed by atoms with Gasteiger partial charge in [0.25, 0.3) is 5.91 Å². The van der Waals surface area contributed by atoms with E-state index >= 15 is 0 Å². The van der Waals surface area contributed by atoms with Gasteiger partial charge in [0.05, 0.1) is 5.57 Å². The van der Waals surface area contributed by atoms with E-state index in [0.29, 0.717) is 12.1 Å². The number of nitrogens with zero attached hydrogens (tertiary/aromatic N) is 1. The third-order valence-corrected chi connectivity index (χ3v) is 5.46. The number of aliphatic hydroxyl groups excluding tert-OH is 1. The molecule has 0 saturated carbocycles. The molecule has 4 nitrogen and oxygen atoms in total. The van der Waals surface area contributed by atoms with E-state index in [4.69, 9.17) is 0 Å². The summed E-state index contributed by atoms with van der Waals surface area (Å²) >= 11 is 1.48. The van der Waals surface area contributed by atoms with Crippen LogP contribution in [0.3, 0.4) is 0 Å². The number of aryl methyl sites for hydroxylation is 1. The summed E-state index contributed by atoms with van der Waals surface area (Å²) in [7, 11) is 0. The van der Waals surface area contributed by atoms with E-state index in [1.54, 1.807) is 0 Å². The van der Waals surface area contributed by atoms with Crippen LogP contribution < -0.4 is 4.90 Å². The number of ketones is 1. The molecule has 0 spiro atoms. The van der Waals surface area contributed by atoms with Gasteiger partial charge in [-0.3, -0.25) is 14.5 Å². The number of rotatable bonds is 6. The number of carbonyl (C=O) groups excluding carboxylic acids is 2. The highest BCUT2D eigenvalue weighted by molar-refractivity contribution is 7.10. The van der Waals surface area contributed by atoms with Gasteiger partial charge >= 0.3 is 0 Å². The van der Waals surface area contributed by atoms with Gasteiger partial charge in [-0.05, 0) is 41.5 Å². The Bertz CT molecular complexity index is 835. The summed E-state index contributed by atoms with van der Waals surface area (Å²) in [5.74, 6) is -0.954. The standard InChI is InChI=1S/C21H23NO3S/c1-4-14-7-9-15(10-8-14)22-19(17-6-5-11-26-17)18(20(24)21(22)25)16(23)12-13(2)3/h5-11,13,19,24H,4,12H2,1-3H3. The van der Waals surface area contributed by atoms with Gasteiger partial charge in [0, 0.05) is 17.0 Å². The SMILES string of the molecule is CCc1ccc(N2C(=O)C(O)=C(C(=O)CC(C)C)C2c2cccs2)cc1. The molecule has 1 aliphatic rings. The summed E-state index contributed by atoms with van der Waals surface area (Å²) in [6.07, 6.45) is 1.21. The van der Waals surface area contributed by atoms with Gasteiger partial charge in [0.1, 0.15) is 6.04 Å². The summed E-state index contributed by atoms with van der Waals surface area (Å²) in [5.41, 5.74) is 2.07. The molecular formula is C21H23NO3S. The van der Waals surface area contributed by atoms with E-state index in [1.165, 1.54) is 21.8 Å². The summed E-state index contributed by atoms with van der Waals surface area (Å²) in [5, 5.41) is 12.4. The van der Waals surface area contributed by atoms with E-state index in [-0.39, 0.29) is 17.3 Å². The van der Waals surface area contributed by atoms with Crippen LogP contribution in [-0.4, -0.2) is 16.8 Å². The third-order valence-electron chi connectivity index (χ3n) is 4.54. The summed E-state index contributed by atoms with van der Waals surface area (Å²) in [6, 6.07) is 10.9. The number of anilines is 1. The number of amides is 1. The lowest BCUT2D eigenvalue weighted by atomic mass is 9.95. The van der Waals surface area contributed by atoms with Crippen molar-refractivity contribution in [3.63, 3.8) is 0 Å². The summed E-state index contributed by atoms with van der Waals surface area (Å²) in [4.78, 5) is 28.0. The lowest BCUT2D eigenvalue weighted by molar-refractivity contribution is -0.118. The van der Waals surface area contributed by atoms with Crippen LogP contribution >= 0.6 is 11.3 Å². The summed E-state index contributed by atoms with van der Waals surface area (Å²) < 4.78 is 0. The molecule has 1 atom stereocenters. The van der Waals surface area contributed by atoms with E-state index in [0.717, 1.165) is 11.3 Å². The van der Waals surface area contributed by atoms with Gasteiger partial charge < -0.3 is 5.11 Å². The van der Waals surface area contributed by atoms with Gasteiger partial charge in [-0.2, -0.15) is 0 Å². The molecule has 2 heterocycles. The van der Waals surface area contributed by atoms with Crippen LogP contribution in [-0.2, 0) is 16.0 Å². The number of carbonyl (C=O) groups is 2. The molecule has 0 bridgehead atoms. The molecule has 0 aliphatic carbocycles. The van der Waals surface area contributed by atoms with Gasteiger partial charge in [-0.15, -0.1) is 11.3 Å². The lowest BCUT2D eigenvalue weighted by Crippen LogP contribution is -2.30. The number of thiophene rings is 1. The third kappa shape index (κ3) is 3.31. The molecule has 3 rings (SSSR count). The first-order chi connectivity index (χ1) is 12.4. The van der Waals surface area contributed by atoms with Crippen LogP contribution in [0.25, 0.3) is 0 Å². The molecule has 136 valence electrons. The summed E-state index contributed by atoms with van der Waals surface area (Å²) in [6.45, 7) is 5.97. The van der Waals surface area contributed by atoms with Gasteiger partial charge in [0.2, 0.25) is 0 Å². The van der Waals surface area contributed by atoms with Gasteiger partial charge in [0.15, 0.2) is 11.5 Å². The minimum atomic E-state index is -0.568. The van der Waals surface area contributed by atoms with Crippen LogP contribution in [0.4, 0.5) is 5.69 Å². The molecule has 5 heteroatoms. The number of Topliss-reactive ketones (excluding diaryl/α,β-unsaturated/α-hetero) is 1. The molecule has 26 heavy (non-hydrogen) atoms. The molecule has 0 fully saturated rings. The van der Waals surface area contributed by atoms with Crippen molar-refractivity contribution in [2.75, 3.05) is 4.90 Å². The van der Waals surface area contributed by atoms with Gasteiger partial charge in [-0.25, -0.2) is 0 Å². The lowest BCUT2D eigenvalue weighted by Gasteiger charge is -2.26. The maximum absolute atomic E-state index is 12.8. The Balaban J connectivity index is 2.07. The predicted molar refractivity (Wildman–Crippen MR) is 104 cm³/mol. The Morgan fingerprint density at radius 1 is 1.23 bits per heavy atom. The van der Waals surface area contributed by atoms with Crippen molar-refractivity contribution in [3.8, 4) is 0 Å². The van der Waals surface area contributed by atoms with E-state index in [9.17, 15) is 14.7 Å². The first-order valence-corrected chi connectivity index (χ1v) is 9.74. The molecule has 2 aromatic rings. The zero-order valence-corrected chi connectivity index (χ0v) is 16.0. The van der Waals surface area contributed by atoms with Crippen molar-refractivity contribution in [1.29, 1.82) is 0 Å². The van der Waals surface area contributed by atoms with Crippen molar-refractivity contribution in [2.24, 2.45) is 5.92 Å². The van der Waals surface area contributed by atoms with Crippen molar-refractivity contribution >= 4 is 28.7 Å². The van der Waals surface area contributed by atoms with Crippen LogP contribution in [0, 0.1) is 5.92 Å². The first kappa shape index (κ1) is 18.4. The van der Waals surface area contributed by atoms with Crippen LogP contribution in [0.2, 0.25) is 0 Å². The first-order valence-electron chi connectivity index (χ1n) is 8.86. The van der Waals surface area contributed by atoms with Crippen molar-refractivity contribution < 1.29 is 14.7 Å². The Morgan fingerprint density at radius 3 is 2.46 bits per heavy atom. The smallest absolute Gasteiger partial charge is 0.294 e. The topological polar surface area (TPSA) is 57.6 Å².